The molecule has 0 fully saturated rings. The molecule has 0 aliphatic rings. The average molecular weight is 235 g/mol. The highest BCUT2D eigenvalue weighted by atomic mass is 14.8. The molecule has 3 heteroatoms. The second-order valence-electron chi connectivity index (χ2n) is 4.26. The van der Waals surface area contributed by atoms with Gasteiger partial charge in [-0.05, 0) is 17.7 Å². The van der Waals surface area contributed by atoms with Gasteiger partial charge in [0.1, 0.15) is 5.82 Å². The molecule has 0 saturated heterocycles. The molecule has 3 aromatic rings. The van der Waals surface area contributed by atoms with Crippen LogP contribution in [0.5, 0.6) is 0 Å². The lowest BCUT2D eigenvalue weighted by Gasteiger charge is -2.06. The zero-order valence-corrected chi connectivity index (χ0v) is 9.88. The number of aromatic nitrogens is 2. The molecule has 88 valence electrons. The second-order valence-corrected chi connectivity index (χ2v) is 4.26. The molecule has 1 aromatic carbocycles. The van der Waals surface area contributed by atoms with Crippen molar-refractivity contribution in [3.63, 3.8) is 0 Å². The number of benzene rings is 1. The summed E-state index contributed by atoms with van der Waals surface area (Å²) in [6.45, 7) is 0. The number of anilines is 1. The maximum Gasteiger partial charge on any atom is 0.131 e. The lowest BCUT2D eigenvalue weighted by molar-refractivity contribution is 1.09. The van der Waals surface area contributed by atoms with Crippen molar-refractivity contribution in [3.8, 4) is 0 Å². The molecule has 0 aliphatic heterocycles. The van der Waals surface area contributed by atoms with Gasteiger partial charge in [-0.25, -0.2) is 4.98 Å². The van der Waals surface area contributed by atoms with Crippen LogP contribution >= 0.6 is 0 Å². The third-order valence-electron chi connectivity index (χ3n) is 2.94. The van der Waals surface area contributed by atoms with Crippen LogP contribution in [0.4, 0.5) is 5.82 Å². The highest BCUT2D eigenvalue weighted by molar-refractivity contribution is 5.90. The van der Waals surface area contributed by atoms with Crippen LogP contribution in [0.15, 0.2) is 54.9 Å². The van der Waals surface area contributed by atoms with Crippen LogP contribution in [0.2, 0.25) is 0 Å². The fourth-order valence-electron chi connectivity index (χ4n) is 2.08. The van der Waals surface area contributed by atoms with Crippen molar-refractivity contribution < 1.29 is 0 Å². The van der Waals surface area contributed by atoms with Crippen molar-refractivity contribution in [2.75, 3.05) is 5.73 Å². The fourth-order valence-corrected chi connectivity index (χ4v) is 2.08. The van der Waals surface area contributed by atoms with Gasteiger partial charge in [0.15, 0.2) is 0 Å². The van der Waals surface area contributed by atoms with E-state index in [0.29, 0.717) is 5.82 Å². The summed E-state index contributed by atoms with van der Waals surface area (Å²) in [5.41, 5.74) is 8.17. The summed E-state index contributed by atoms with van der Waals surface area (Å²) in [6, 6.07) is 14.2. The van der Waals surface area contributed by atoms with Crippen LogP contribution in [0.3, 0.4) is 0 Å². The van der Waals surface area contributed by atoms with Crippen LogP contribution < -0.4 is 5.73 Å². The summed E-state index contributed by atoms with van der Waals surface area (Å²) in [5.74, 6) is 0.570. The Kier molecular flexibility index (Phi) is 2.65. The molecule has 18 heavy (non-hydrogen) atoms. The zero-order valence-electron chi connectivity index (χ0n) is 9.88. The van der Waals surface area contributed by atoms with Crippen LogP contribution in [-0.2, 0) is 6.42 Å². The van der Waals surface area contributed by atoms with Crippen molar-refractivity contribution in [3.05, 3.63) is 66.1 Å². The molecule has 2 N–H and O–H groups in total. The number of nitrogens with two attached hydrogens (primary N) is 1. The molecule has 2 aromatic heterocycles. The first-order valence-corrected chi connectivity index (χ1v) is 5.86. The Hall–Kier alpha value is -2.42. The predicted octanol–water partition coefficient (Wildman–Crippen LogP) is 2.80. The first-order valence-electron chi connectivity index (χ1n) is 5.86. The number of nitrogen functional groups attached to an aromatic ring is 1. The van der Waals surface area contributed by atoms with E-state index in [9.17, 15) is 0 Å². The van der Waals surface area contributed by atoms with Crippen LogP contribution in [0, 0.1) is 0 Å². The average Bonchev–Trinajstić information content (AvgIpc) is 2.40. The first kappa shape index (κ1) is 10.7. The molecule has 0 bridgehead atoms. The van der Waals surface area contributed by atoms with Crippen molar-refractivity contribution in [2.24, 2.45) is 0 Å². The third-order valence-corrected chi connectivity index (χ3v) is 2.94. The predicted molar refractivity (Wildman–Crippen MR) is 73.2 cm³/mol. The van der Waals surface area contributed by atoms with E-state index in [1.165, 1.54) is 5.56 Å². The van der Waals surface area contributed by atoms with E-state index in [4.69, 9.17) is 5.73 Å². The normalized spacial score (nSPS) is 10.7. The third kappa shape index (κ3) is 2.02. The largest absolute Gasteiger partial charge is 0.383 e. The zero-order chi connectivity index (χ0) is 12.4. The summed E-state index contributed by atoms with van der Waals surface area (Å²) in [5, 5.41) is 2.00. The monoisotopic (exact) mass is 235 g/mol. The van der Waals surface area contributed by atoms with Crippen molar-refractivity contribution >= 4 is 16.6 Å². The Morgan fingerprint density at radius 1 is 1.06 bits per heavy atom. The van der Waals surface area contributed by atoms with Gasteiger partial charge in [-0.2, -0.15) is 0 Å². The fraction of sp³-hybridized carbons (Fsp3) is 0.0667. The standard InChI is InChI=1S/C15H13N3/c16-15-14-6-7-17-10-12(14)9-13(18-15)8-11-4-2-1-3-5-11/h1-7,9-10H,8H2,(H2,16,18). The topological polar surface area (TPSA) is 51.8 Å². The van der Waals surface area contributed by atoms with E-state index in [-0.39, 0.29) is 0 Å². The minimum absolute atomic E-state index is 0.570. The highest BCUT2D eigenvalue weighted by Crippen LogP contribution is 2.20. The molecular formula is C15H13N3. The van der Waals surface area contributed by atoms with Gasteiger partial charge < -0.3 is 5.73 Å². The number of pyridine rings is 2. The lowest BCUT2D eigenvalue weighted by atomic mass is 10.1. The minimum Gasteiger partial charge on any atom is -0.383 e. The van der Waals surface area contributed by atoms with Gasteiger partial charge in [-0.15, -0.1) is 0 Å². The van der Waals surface area contributed by atoms with Crippen LogP contribution in [-0.4, -0.2) is 9.97 Å². The van der Waals surface area contributed by atoms with Crippen LogP contribution in [0.25, 0.3) is 10.8 Å². The van der Waals surface area contributed by atoms with E-state index in [1.807, 2.05) is 36.5 Å². The van der Waals surface area contributed by atoms with E-state index < -0.39 is 0 Å². The molecule has 3 nitrogen and oxygen atoms in total. The summed E-state index contributed by atoms with van der Waals surface area (Å²) in [4.78, 5) is 8.57. The van der Waals surface area contributed by atoms with Gasteiger partial charge in [0, 0.05) is 35.3 Å². The number of fused-ring (bicyclic) bond motifs is 1. The lowest BCUT2D eigenvalue weighted by Crippen LogP contribution is -1.98. The Balaban J connectivity index is 2.03. The number of hydrogen-bond donors (Lipinski definition) is 1. The maximum atomic E-state index is 5.97. The van der Waals surface area contributed by atoms with E-state index in [1.54, 1.807) is 6.20 Å². The van der Waals surface area contributed by atoms with Crippen molar-refractivity contribution in [1.29, 1.82) is 0 Å². The molecule has 0 atom stereocenters. The summed E-state index contributed by atoms with van der Waals surface area (Å²) < 4.78 is 0. The van der Waals surface area contributed by atoms with Crippen molar-refractivity contribution in [1.82, 2.24) is 9.97 Å². The Morgan fingerprint density at radius 2 is 1.89 bits per heavy atom. The molecule has 0 radical (unpaired) electrons. The summed E-state index contributed by atoms with van der Waals surface area (Å²) >= 11 is 0. The number of hydrogen-bond acceptors (Lipinski definition) is 3. The van der Waals surface area contributed by atoms with Gasteiger partial charge >= 0.3 is 0 Å². The molecule has 3 rings (SSSR count). The van der Waals surface area contributed by atoms with Gasteiger partial charge in [0.25, 0.3) is 0 Å². The quantitative estimate of drug-likeness (QED) is 0.743. The smallest absolute Gasteiger partial charge is 0.131 e. The summed E-state index contributed by atoms with van der Waals surface area (Å²) in [7, 11) is 0. The molecule has 0 amide bonds. The molecule has 0 spiro atoms. The second kappa shape index (κ2) is 4.45. The molecule has 0 aliphatic carbocycles. The maximum absolute atomic E-state index is 5.97. The van der Waals surface area contributed by atoms with Gasteiger partial charge in [-0.3, -0.25) is 4.98 Å². The molecule has 0 unspecified atom stereocenters. The van der Waals surface area contributed by atoms with Crippen LogP contribution in [0.1, 0.15) is 11.3 Å². The Morgan fingerprint density at radius 3 is 2.72 bits per heavy atom. The summed E-state index contributed by atoms with van der Waals surface area (Å²) in [6.07, 6.45) is 4.34. The number of nitrogens with zero attached hydrogens (tertiary/aromatic N) is 2. The Bertz CT molecular complexity index is 678. The van der Waals surface area contributed by atoms with Gasteiger partial charge in [0.05, 0.1) is 0 Å². The van der Waals surface area contributed by atoms with Gasteiger partial charge in [0.2, 0.25) is 0 Å². The highest BCUT2D eigenvalue weighted by Gasteiger charge is 2.04. The van der Waals surface area contributed by atoms with E-state index in [2.05, 4.69) is 22.1 Å². The van der Waals surface area contributed by atoms with E-state index in [0.717, 1.165) is 22.9 Å². The number of rotatable bonds is 2. The Labute approximate surface area is 105 Å². The van der Waals surface area contributed by atoms with E-state index >= 15 is 0 Å². The van der Waals surface area contributed by atoms with Gasteiger partial charge in [-0.1, -0.05) is 30.3 Å². The first-order chi connectivity index (χ1) is 8.83. The minimum atomic E-state index is 0.570. The van der Waals surface area contributed by atoms with Crippen molar-refractivity contribution in [2.45, 2.75) is 6.42 Å². The SMILES string of the molecule is Nc1nc(Cc2ccccc2)cc2cnccc12. The molecule has 0 saturated carbocycles. The molecule has 2 heterocycles. The molecular weight excluding hydrogens is 222 g/mol.